The number of likely N-dealkylation sites (tertiary alicyclic amines) is 1. The lowest BCUT2D eigenvalue weighted by molar-refractivity contribution is 0.0601. The van der Waals surface area contributed by atoms with Crippen molar-refractivity contribution >= 4 is 0 Å². The first-order valence-electron chi connectivity index (χ1n) is 8.31. The fourth-order valence-electron chi connectivity index (χ4n) is 3.96. The molecule has 1 spiro atoms. The molecule has 2 aliphatic rings. The van der Waals surface area contributed by atoms with Crippen LogP contribution in [-0.2, 0) is 13.0 Å². The van der Waals surface area contributed by atoms with Crippen LogP contribution in [0.25, 0.3) is 0 Å². The molecule has 1 N–H and O–H groups in total. The summed E-state index contributed by atoms with van der Waals surface area (Å²) in [6, 6.07) is 9.22. The van der Waals surface area contributed by atoms with Crippen LogP contribution in [0, 0.1) is 5.41 Å². The molecule has 0 aromatic heterocycles. The van der Waals surface area contributed by atoms with Crippen molar-refractivity contribution in [3.8, 4) is 0 Å². The van der Waals surface area contributed by atoms with E-state index in [0.29, 0.717) is 5.41 Å². The first kappa shape index (κ1) is 14.1. The predicted molar refractivity (Wildman–Crippen MR) is 84.9 cm³/mol. The second kappa shape index (κ2) is 6.28. The molecule has 3 rings (SSSR count). The third-order valence-electron chi connectivity index (χ3n) is 5.14. The van der Waals surface area contributed by atoms with Crippen LogP contribution in [0.5, 0.6) is 0 Å². The normalized spacial score (nSPS) is 27.9. The van der Waals surface area contributed by atoms with Crippen molar-refractivity contribution in [3.63, 3.8) is 0 Å². The number of hydrogen-bond acceptors (Lipinski definition) is 2. The molecule has 0 radical (unpaired) electrons. The standard InChI is InChI=1S/C18H28N2/c1-2-16-5-7-17(8-6-16)13-20-12-4-10-18(15-20)9-3-11-19-14-18/h5-8,19H,2-4,9-15H2,1H3. The molecule has 1 aromatic carbocycles. The van der Waals surface area contributed by atoms with Crippen LogP contribution in [0.15, 0.2) is 24.3 Å². The Morgan fingerprint density at radius 2 is 1.85 bits per heavy atom. The maximum atomic E-state index is 3.62. The van der Waals surface area contributed by atoms with Gasteiger partial charge in [-0.05, 0) is 61.7 Å². The largest absolute Gasteiger partial charge is 0.316 e. The van der Waals surface area contributed by atoms with Crippen LogP contribution < -0.4 is 5.32 Å². The van der Waals surface area contributed by atoms with Gasteiger partial charge < -0.3 is 5.32 Å². The fraction of sp³-hybridized carbons (Fsp3) is 0.667. The SMILES string of the molecule is CCc1ccc(CN2CCCC3(CCCNC3)C2)cc1. The van der Waals surface area contributed by atoms with Crippen LogP contribution in [-0.4, -0.2) is 31.1 Å². The van der Waals surface area contributed by atoms with Crippen molar-refractivity contribution in [1.29, 1.82) is 0 Å². The van der Waals surface area contributed by atoms with E-state index in [1.165, 1.54) is 63.0 Å². The van der Waals surface area contributed by atoms with Gasteiger partial charge in [0.2, 0.25) is 0 Å². The van der Waals surface area contributed by atoms with Crippen LogP contribution in [0.1, 0.15) is 43.7 Å². The molecule has 2 nitrogen and oxygen atoms in total. The van der Waals surface area contributed by atoms with Crippen molar-refractivity contribution in [2.45, 2.75) is 45.6 Å². The van der Waals surface area contributed by atoms with Gasteiger partial charge in [0, 0.05) is 19.6 Å². The highest BCUT2D eigenvalue weighted by atomic mass is 15.1. The maximum absolute atomic E-state index is 3.62. The van der Waals surface area contributed by atoms with E-state index in [1.807, 2.05) is 0 Å². The van der Waals surface area contributed by atoms with E-state index in [1.54, 1.807) is 0 Å². The van der Waals surface area contributed by atoms with Gasteiger partial charge in [0.25, 0.3) is 0 Å². The zero-order valence-electron chi connectivity index (χ0n) is 12.8. The molecule has 1 aromatic rings. The minimum absolute atomic E-state index is 0.569. The molecule has 1 atom stereocenters. The van der Waals surface area contributed by atoms with Crippen molar-refractivity contribution < 1.29 is 0 Å². The first-order chi connectivity index (χ1) is 9.80. The van der Waals surface area contributed by atoms with Gasteiger partial charge in [-0.3, -0.25) is 4.90 Å². The quantitative estimate of drug-likeness (QED) is 0.909. The highest BCUT2D eigenvalue weighted by molar-refractivity contribution is 5.22. The molecule has 2 aliphatic heterocycles. The summed E-state index contributed by atoms with van der Waals surface area (Å²) in [7, 11) is 0. The number of hydrogen-bond donors (Lipinski definition) is 1. The van der Waals surface area contributed by atoms with E-state index >= 15 is 0 Å². The minimum atomic E-state index is 0.569. The summed E-state index contributed by atoms with van der Waals surface area (Å²) in [5, 5.41) is 3.62. The van der Waals surface area contributed by atoms with Crippen LogP contribution in [0.2, 0.25) is 0 Å². The first-order valence-corrected chi connectivity index (χ1v) is 8.31. The Balaban J connectivity index is 1.61. The van der Waals surface area contributed by atoms with E-state index in [0.717, 1.165) is 13.0 Å². The number of benzene rings is 1. The lowest BCUT2D eigenvalue weighted by atomic mass is 9.74. The Bertz CT molecular complexity index is 412. The maximum Gasteiger partial charge on any atom is 0.0233 e. The molecular formula is C18H28N2. The van der Waals surface area contributed by atoms with Gasteiger partial charge >= 0.3 is 0 Å². The fourth-order valence-corrected chi connectivity index (χ4v) is 3.96. The van der Waals surface area contributed by atoms with Crippen molar-refractivity contribution in [1.82, 2.24) is 10.2 Å². The molecule has 2 saturated heterocycles. The van der Waals surface area contributed by atoms with Crippen molar-refractivity contribution in [2.24, 2.45) is 5.41 Å². The highest BCUT2D eigenvalue weighted by Gasteiger charge is 2.36. The van der Waals surface area contributed by atoms with Crippen LogP contribution in [0.3, 0.4) is 0 Å². The summed E-state index contributed by atoms with van der Waals surface area (Å²) >= 11 is 0. The summed E-state index contributed by atoms with van der Waals surface area (Å²) in [6.45, 7) is 8.37. The number of rotatable bonds is 3. The van der Waals surface area contributed by atoms with Gasteiger partial charge in [-0.15, -0.1) is 0 Å². The molecule has 2 heteroatoms. The van der Waals surface area contributed by atoms with Crippen molar-refractivity contribution in [3.05, 3.63) is 35.4 Å². The van der Waals surface area contributed by atoms with Crippen LogP contribution >= 0.6 is 0 Å². The average molecular weight is 272 g/mol. The molecule has 1 unspecified atom stereocenters. The van der Waals surface area contributed by atoms with Gasteiger partial charge in [-0.25, -0.2) is 0 Å². The lowest BCUT2D eigenvalue weighted by Gasteiger charge is -2.45. The summed E-state index contributed by atoms with van der Waals surface area (Å²) in [4.78, 5) is 2.68. The molecule has 0 aliphatic carbocycles. The molecule has 0 amide bonds. The Morgan fingerprint density at radius 3 is 2.55 bits per heavy atom. The summed E-state index contributed by atoms with van der Waals surface area (Å²) < 4.78 is 0. The smallest absolute Gasteiger partial charge is 0.0233 e. The Hall–Kier alpha value is -0.860. The van der Waals surface area contributed by atoms with Gasteiger partial charge in [0.05, 0.1) is 0 Å². The zero-order chi connectivity index (χ0) is 13.8. The van der Waals surface area contributed by atoms with E-state index < -0.39 is 0 Å². The average Bonchev–Trinajstić information content (AvgIpc) is 2.49. The molecule has 0 bridgehead atoms. The molecular weight excluding hydrogens is 244 g/mol. The van der Waals surface area contributed by atoms with E-state index in [2.05, 4.69) is 41.4 Å². The third kappa shape index (κ3) is 3.24. The third-order valence-corrected chi connectivity index (χ3v) is 5.14. The Labute approximate surface area is 123 Å². The van der Waals surface area contributed by atoms with Crippen LogP contribution in [0.4, 0.5) is 0 Å². The lowest BCUT2D eigenvalue weighted by Crippen LogP contribution is -2.50. The summed E-state index contributed by atoms with van der Waals surface area (Å²) in [5.41, 5.74) is 3.49. The molecule has 0 saturated carbocycles. The van der Waals surface area contributed by atoms with Gasteiger partial charge in [-0.2, -0.15) is 0 Å². The second-order valence-electron chi connectivity index (χ2n) is 6.76. The predicted octanol–water partition coefficient (Wildman–Crippen LogP) is 3.21. The van der Waals surface area contributed by atoms with E-state index in [9.17, 15) is 0 Å². The number of nitrogens with zero attached hydrogens (tertiary/aromatic N) is 1. The minimum Gasteiger partial charge on any atom is -0.316 e. The molecule has 20 heavy (non-hydrogen) atoms. The molecule has 2 fully saturated rings. The Kier molecular flexibility index (Phi) is 4.42. The highest BCUT2D eigenvalue weighted by Crippen LogP contribution is 2.36. The Morgan fingerprint density at radius 1 is 1.10 bits per heavy atom. The second-order valence-corrected chi connectivity index (χ2v) is 6.76. The van der Waals surface area contributed by atoms with E-state index in [-0.39, 0.29) is 0 Å². The molecule has 110 valence electrons. The summed E-state index contributed by atoms with van der Waals surface area (Å²) in [6.07, 6.45) is 6.71. The number of aryl methyl sites for hydroxylation is 1. The molecule has 2 heterocycles. The van der Waals surface area contributed by atoms with E-state index in [4.69, 9.17) is 0 Å². The van der Waals surface area contributed by atoms with Gasteiger partial charge in [0.15, 0.2) is 0 Å². The zero-order valence-corrected chi connectivity index (χ0v) is 12.8. The van der Waals surface area contributed by atoms with Gasteiger partial charge in [-0.1, -0.05) is 31.2 Å². The summed E-state index contributed by atoms with van der Waals surface area (Å²) in [5.74, 6) is 0. The number of piperidine rings is 2. The topological polar surface area (TPSA) is 15.3 Å². The monoisotopic (exact) mass is 272 g/mol. The number of nitrogens with one attached hydrogen (secondary N) is 1. The van der Waals surface area contributed by atoms with Gasteiger partial charge in [0.1, 0.15) is 0 Å². The van der Waals surface area contributed by atoms with Crippen molar-refractivity contribution in [2.75, 3.05) is 26.2 Å².